The second-order valence-electron chi connectivity index (χ2n) is 7.58. The molecule has 3 heterocycles. The van der Waals surface area contributed by atoms with Crippen LogP contribution in [0.2, 0.25) is 5.02 Å². The summed E-state index contributed by atoms with van der Waals surface area (Å²) in [6.07, 6.45) is 6.56. The smallest absolute Gasteiger partial charge is 0.192 e. The van der Waals surface area contributed by atoms with E-state index >= 15 is 0 Å². The first-order valence-corrected chi connectivity index (χ1v) is 12.3. The molecule has 1 aromatic carbocycles. The molecule has 2 aliphatic heterocycles. The average molecular weight is 456 g/mol. The molecule has 0 radical (unpaired) electrons. The minimum atomic E-state index is -0.293. The lowest BCUT2D eigenvalue weighted by atomic mass is 9.93. The van der Waals surface area contributed by atoms with Crippen LogP contribution in [0.4, 0.5) is 15.2 Å². The van der Waals surface area contributed by atoms with E-state index in [1.807, 2.05) is 5.38 Å². The van der Waals surface area contributed by atoms with Crippen molar-refractivity contribution >= 4 is 45.7 Å². The Morgan fingerprint density at radius 2 is 2.28 bits per heavy atom. The van der Waals surface area contributed by atoms with Gasteiger partial charge < -0.3 is 15.4 Å². The highest BCUT2D eigenvalue weighted by Crippen LogP contribution is 2.32. The highest BCUT2D eigenvalue weighted by atomic mass is 35.5. The van der Waals surface area contributed by atoms with Crippen molar-refractivity contribution in [2.75, 3.05) is 42.8 Å². The molecule has 0 bridgehead atoms. The van der Waals surface area contributed by atoms with E-state index in [4.69, 9.17) is 11.6 Å². The van der Waals surface area contributed by atoms with Gasteiger partial charge in [-0.25, -0.2) is 9.37 Å². The highest BCUT2D eigenvalue weighted by molar-refractivity contribution is 8.00. The van der Waals surface area contributed by atoms with Crippen molar-refractivity contribution in [3.63, 3.8) is 0 Å². The maximum Gasteiger partial charge on any atom is 0.192 e. The molecule has 158 valence electrons. The Hall–Kier alpha value is -1.06. The summed E-state index contributed by atoms with van der Waals surface area (Å²) in [7, 11) is 0. The third-order valence-electron chi connectivity index (χ3n) is 5.74. The summed E-state index contributed by atoms with van der Waals surface area (Å²) in [6.45, 7) is 5.48. The van der Waals surface area contributed by atoms with E-state index in [1.165, 1.54) is 55.3 Å². The normalized spacial score (nSPS) is 21.9. The van der Waals surface area contributed by atoms with E-state index in [2.05, 4.69) is 25.2 Å². The minimum absolute atomic E-state index is 0.293. The van der Waals surface area contributed by atoms with Gasteiger partial charge in [0.15, 0.2) is 5.13 Å². The van der Waals surface area contributed by atoms with Crippen LogP contribution in [-0.4, -0.2) is 48.6 Å². The van der Waals surface area contributed by atoms with E-state index in [1.54, 1.807) is 12.3 Å². The van der Waals surface area contributed by atoms with Crippen LogP contribution >= 0.6 is 34.9 Å². The summed E-state index contributed by atoms with van der Waals surface area (Å²) in [5.41, 5.74) is 0.653. The second-order valence-corrected chi connectivity index (χ2v) is 9.73. The zero-order valence-electron chi connectivity index (χ0n) is 16.3. The molecule has 0 spiro atoms. The number of nitrogens with one attached hydrogen (secondary N) is 3. The van der Waals surface area contributed by atoms with E-state index < -0.39 is 0 Å². The third-order valence-corrected chi connectivity index (χ3v) is 7.69. The number of hydrogen-bond acceptors (Lipinski definition) is 7. The van der Waals surface area contributed by atoms with Gasteiger partial charge in [0.25, 0.3) is 0 Å². The van der Waals surface area contributed by atoms with Crippen LogP contribution in [-0.2, 0) is 0 Å². The summed E-state index contributed by atoms with van der Waals surface area (Å²) in [6, 6.07) is 3.86. The molecule has 2 atom stereocenters. The van der Waals surface area contributed by atoms with E-state index in [0.717, 1.165) is 49.6 Å². The molecule has 29 heavy (non-hydrogen) atoms. The molecule has 0 aliphatic carbocycles. The lowest BCUT2D eigenvalue weighted by Crippen LogP contribution is -2.46. The number of rotatable bonds is 9. The van der Waals surface area contributed by atoms with Gasteiger partial charge in [0, 0.05) is 30.7 Å². The summed E-state index contributed by atoms with van der Waals surface area (Å²) in [5.74, 6) is 0.594. The van der Waals surface area contributed by atoms with Crippen LogP contribution in [0.1, 0.15) is 25.7 Å². The van der Waals surface area contributed by atoms with Crippen LogP contribution < -0.4 is 15.4 Å². The first kappa shape index (κ1) is 21.2. The maximum absolute atomic E-state index is 14.4. The number of benzene rings is 1. The number of thiazole rings is 1. The van der Waals surface area contributed by atoms with Crippen LogP contribution in [0.15, 0.2) is 28.6 Å². The Labute approximate surface area is 184 Å². The van der Waals surface area contributed by atoms with E-state index in [0.29, 0.717) is 15.6 Å². The van der Waals surface area contributed by atoms with Crippen molar-refractivity contribution in [2.45, 2.75) is 36.6 Å². The molecule has 0 amide bonds. The lowest BCUT2D eigenvalue weighted by Gasteiger charge is -2.32. The van der Waals surface area contributed by atoms with Crippen LogP contribution in [0.5, 0.6) is 0 Å². The van der Waals surface area contributed by atoms with Gasteiger partial charge in [0.1, 0.15) is 5.82 Å². The highest BCUT2D eigenvalue weighted by Gasteiger charge is 2.34. The molecule has 2 aromatic rings. The number of aromatic nitrogens is 1. The summed E-state index contributed by atoms with van der Waals surface area (Å²) in [5, 5.41) is 9.96. The fourth-order valence-corrected chi connectivity index (χ4v) is 5.78. The minimum Gasteiger partial charge on any atom is -0.384 e. The molecule has 3 N–H and O–H groups in total. The number of halogens is 2. The van der Waals surface area contributed by atoms with Gasteiger partial charge in [-0.3, -0.25) is 4.90 Å². The lowest BCUT2D eigenvalue weighted by molar-refractivity contribution is 0.192. The van der Waals surface area contributed by atoms with Crippen LogP contribution in [0.3, 0.4) is 0 Å². The molecule has 2 fully saturated rings. The second kappa shape index (κ2) is 10.3. The van der Waals surface area contributed by atoms with Gasteiger partial charge in [0.2, 0.25) is 0 Å². The average Bonchev–Trinajstić information content (AvgIpc) is 3.39. The molecule has 0 saturated carbocycles. The maximum atomic E-state index is 14.4. The van der Waals surface area contributed by atoms with E-state index in [-0.39, 0.29) is 5.82 Å². The topological polar surface area (TPSA) is 52.2 Å². The number of anilines is 2. The van der Waals surface area contributed by atoms with Crippen molar-refractivity contribution in [3.05, 3.63) is 34.5 Å². The molecule has 5 nitrogen and oxygen atoms in total. The number of piperidine rings is 1. The van der Waals surface area contributed by atoms with Crippen molar-refractivity contribution in [2.24, 2.45) is 5.92 Å². The number of likely N-dealkylation sites (tertiary alicyclic amines) is 1. The van der Waals surface area contributed by atoms with Gasteiger partial charge in [-0.1, -0.05) is 11.6 Å². The van der Waals surface area contributed by atoms with Crippen molar-refractivity contribution in [1.82, 2.24) is 15.2 Å². The molecule has 1 aromatic heterocycles. The van der Waals surface area contributed by atoms with Gasteiger partial charge in [-0.15, -0.1) is 11.3 Å². The van der Waals surface area contributed by atoms with Crippen molar-refractivity contribution in [1.29, 1.82) is 0 Å². The van der Waals surface area contributed by atoms with Crippen molar-refractivity contribution in [3.8, 4) is 0 Å². The molecule has 2 aliphatic rings. The predicted molar refractivity (Wildman–Crippen MR) is 122 cm³/mol. The van der Waals surface area contributed by atoms with Gasteiger partial charge >= 0.3 is 0 Å². The Bertz CT molecular complexity index is 791. The quantitative estimate of drug-likeness (QED) is 0.368. The number of nitrogens with zero attached hydrogens (tertiary/aromatic N) is 2. The Morgan fingerprint density at radius 1 is 1.34 bits per heavy atom. The Morgan fingerprint density at radius 3 is 3.14 bits per heavy atom. The first-order chi connectivity index (χ1) is 14.2. The fraction of sp³-hybridized carbons (Fsp3) is 0.550. The predicted octanol–water partition coefficient (Wildman–Crippen LogP) is 4.93. The Balaban J connectivity index is 1.20. The number of hydrogen-bond donors (Lipinski definition) is 3. The number of unbranched alkanes of at least 4 members (excludes halogenated alkanes) is 1. The summed E-state index contributed by atoms with van der Waals surface area (Å²) >= 11 is 9.01. The number of fused-ring (bicyclic) bond motifs is 1. The SMILES string of the molecule is Fc1cc(NCCCCN2CC[C@@H]3CCNC[C@@H]32)c(Cl)cc1SNc1nccs1. The van der Waals surface area contributed by atoms with Gasteiger partial charge in [0.05, 0.1) is 15.6 Å². The van der Waals surface area contributed by atoms with Crippen LogP contribution in [0.25, 0.3) is 0 Å². The van der Waals surface area contributed by atoms with Gasteiger partial charge in [-0.05, 0) is 75.3 Å². The standard InChI is InChI=1S/C20H27ClFN5S2/c21-15-11-19(29-26-20-25-7-10-28-20)16(22)12-17(15)24-5-1-2-8-27-9-4-14-3-6-23-13-18(14)27/h7,10-12,14,18,23-24H,1-6,8-9,13H2,(H,25,26)/t14-,18-/m0/s1. The molecular weight excluding hydrogens is 429 g/mol. The zero-order chi connectivity index (χ0) is 20.1. The van der Waals surface area contributed by atoms with Gasteiger partial charge in [-0.2, -0.15) is 0 Å². The van der Waals surface area contributed by atoms with Crippen LogP contribution in [0, 0.1) is 11.7 Å². The monoisotopic (exact) mass is 455 g/mol. The molecule has 0 unspecified atom stereocenters. The fourth-order valence-electron chi connectivity index (χ4n) is 4.21. The van der Waals surface area contributed by atoms with E-state index in [9.17, 15) is 4.39 Å². The molecular formula is C20H27ClFN5S2. The largest absolute Gasteiger partial charge is 0.384 e. The summed E-state index contributed by atoms with van der Waals surface area (Å²) < 4.78 is 17.4. The Kier molecular flexibility index (Phi) is 7.53. The van der Waals surface area contributed by atoms with Crippen molar-refractivity contribution < 1.29 is 4.39 Å². The zero-order valence-corrected chi connectivity index (χ0v) is 18.7. The molecule has 4 rings (SSSR count). The first-order valence-electron chi connectivity index (χ1n) is 10.2. The summed E-state index contributed by atoms with van der Waals surface area (Å²) in [4.78, 5) is 7.22. The third kappa shape index (κ3) is 5.55. The molecule has 2 saturated heterocycles. The molecule has 9 heteroatoms.